The largest absolute Gasteiger partial charge is 0.487 e. The first-order valence-corrected chi connectivity index (χ1v) is 9.27. The Kier molecular flexibility index (Phi) is 6.76. The fourth-order valence-corrected chi connectivity index (χ4v) is 3.21. The van der Waals surface area contributed by atoms with E-state index in [-0.39, 0.29) is 24.5 Å². The number of benzene rings is 1. The lowest BCUT2D eigenvalue weighted by atomic mass is 10.1. The zero-order valence-corrected chi connectivity index (χ0v) is 16.1. The Morgan fingerprint density at radius 3 is 2.76 bits per heavy atom. The molecule has 2 aromatic rings. The number of nitrogens with one attached hydrogen (secondary N) is 1. The number of carbonyl (C=O) groups is 2. The molecule has 0 spiro atoms. The van der Waals surface area contributed by atoms with E-state index < -0.39 is 6.04 Å². The molecule has 0 radical (unpaired) electrons. The normalized spacial score (nSPS) is 18.1. The quantitative estimate of drug-likeness (QED) is 0.712. The second kappa shape index (κ2) is 9.66. The third-order valence-electron chi connectivity index (χ3n) is 4.63. The van der Waals surface area contributed by atoms with Gasteiger partial charge in [0.1, 0.15) is 17.9 Å². The molecule has 2 heterocycles. The van der Waals surface area contributed by atoms with Crippen LogP contribution in [0, 0.1) is 11.3 Å². The first-order valence-electron chi connectivity index (χ1n) is 9.27. The number of nitriles is 1. The van der Waals surface area contributed by atoms with E-state index in [1.165, 1.54) is 4.90 Å². The topological polar surface area (TPSA) is 105 Å². The molecule has 0 bridgehead atoms. The summed E-state index contributed by atoms with van der Waals surface area (Å²) < 4.78 is 10.9. The van der Waals surface area contributed by atoms with Gasteiger partial charge >= 0.3 is 0 Å². The van der Waals surface area contributed by atoms with Crippen LogP contribution in [0.3, 0.4) is 0 Å². The summed E-state index contributed by atoms with van der Waals surface area (Å²) in [5.74, 6) is 0.0590. The molecule has 8 heteroatoms. The Hall–Kier alpha value is -3.44. The summed E-state index contributed by atoms with van der Waals surface area (Å²) in [4.78, 5) is 31.3. The van der Waals surface area contributed by atoms with Gasteiger partial charge in [-0.2, -0.15) is 5.26 Å². The molecule has 1 aliphatic heterocycles. The predicted molar refractivity (Wildman–Crippen MR) is 104 cm³/mol. The summed E-state index contributed by atoms with van der Waals surface area (Å²) in [6.45, 7) is 1.02. The maximum absolute atomic E-state index is 13.1. The third-order valence-corrected chi connectivity index (χ3v) is 4.63. The molecule has 1 N–H and O–H groups in total. The van der Waals surface area contributed by atoms with E-state index in [0.29, 0.717) is 36.4 Å². The fraction of sp³-hybridized carbons (Fsp3) is 0.333. The summed E-state index contributed by atoms with van der Waals surface area (Å²) in [5, 5.41) is 11.7. The standard InChI is InChI=1S/C21H22N4O4/c1-28-10-9-24-20(26)19-11-18(29-17-3-2-8-23-13-17)14-25(19)21(27)16-6-4-15(12-22)5-7-16/h2-8,13,18-19H,9-11,14H2,1H3,(H,24,26). The highest BCUT2D eigenvalue weighted by Gasteiger charge is 2.41. The van der Waals surface area contributed by atoms with E-state index in [1.54, 1.807) is 55.9 Å². The van der Waals surface area contributed by atoms with E-state index in [4.69, 9.17) is 14.7 Å². The van der Waals surface area contributed by atoms with E-state index in [1.807, 2.05) is 6.07 Å². The first-order chi connectivity index (χ1) is 14.1. The Bertz CT molecular complexity index is 880. The molecule has 1 aromatic heterocycles. The maximum Gasteiger partial charge on any atom is 0.254 e. The van der Waals surface area contributed by atoms with Crippen molar-refractivity contribution in [3.05, 3.63) is 59.9 Å². The van der Waals surface area contributed by atoms with Gasteiger partial charge in [0.25, 0.3) is 5.91 Å². The van der Waals surface area contributed by atoms with Crippen molar-refractivity contribution in [3.8, 4) is 11.8 Å². The molecule has 1 saturated heterocycles. The fourth-order valence-electron chi connectivity index (χ4n) is 3.21. The molecule has 8 nitrogen and oxygen atoms in total. The lowest BCUT2D eigenvalue weighted by Crippen LogP contribution is -2.46. The molecule has 2 unspecified atom stereocenters. The van der Waals surface area contributed by atoms with Gasteiger partial charge in [0.15, 0.2) is 0 Å². The van der Waals surface area contributed by atoms with Gasteiger partial charge in [-0.05, 0) is 36.4 Å². The van der Waals surface area contributed by atoms with Crippen LogP contribution in [0.15, 0.2) is 48.8 Å². The van der Waals surface area contributed by atoms with Gasteiger partial charge in [-0.25, -0.2) is 0 Å². The number of amides is 2. The van der Waals surface area contributed by atoms with Crippen LogP contribution < -0.4 is 10.1 Å². The lowest BCUT2D eigenvalue weighted by molar-refractivity contribution is -0.125. The van der Waals surface area contributed by atoms with Crippen LogP contribution in [0.2, 0.25) is 0 Å². The van der Waals surface area contributed by atoms with E-state index in [9.17, 15) is 9.59 Å². The second-order valence-electron chi connectivity index (χ2n) is 6.61. The zero-order chi connectivity index (χ0) is 20.6. The Balaban J connectivity index is 1.76. The van der Waals surface area contributed by atoms with Gasteiger partial charge < -0.3 is 19.7 Å². The van der Waals surface area contributed by atoms with Crippen molar-refractivity contribution in [2.24, 2.45) is 0 Å². The summed E-state index contributed by atoms with van der Waals surface area (Å²) in [6.07, 6.45) is 3.28. The highest BCUT2D eigenvalue weighted by molar-refractivity contribution is 5.98. The summed E-state index contributed by atoms with van der Waals surface area (Å²) in [7, 11) is 1.56. The number of aromatic nitrogens is 1. The van der Waals surface area contributed by atoms with Gasteiger partial charge in [0, 0.05) is 31.8 Å². The van der Waals surface area contributed by atoms with Crippen LogP contribution in [-0.2, 0) is 9.53 Å². The predicted octanol–water partition coefficient (Wildman–Crippen LogP) is 1.38. The molecule has 3 rings (SSSR count). The number of hydrogen-bond donors (Lipinski definition) is 1. The highest BCUT2D eigenvalue weighted by Crippen LogP contribution is 2.25. The molecule has 1 fully saturated rings. The average Bonchev–Trinajstić information content (AvgIpc) is 3.18. The van der Waals surface area contributed by atoms with Gasteiger partial charge in [0.2, 0.25) is 5.91 Å². The van der Waals surface area contributed by atoms with Gasteiger partial charge in [-0.1, -0.05) is 0 Å². The number of hydrogen-bond acceptors (Lipinski definition) is 6. The summed E-state index contributed by atoms with van der Waals surface area (Å²) in [6, 6.07) is 11.3. The summed E-state index contributed by atoms with van der Waals surface area (Å²) in [5.41, 5.74) is 0.885. The van der Waals surface area contributed by atoms with Crippen molar-refractivity contribution in [2.75, 3.05) is 26.8 Å². The van der Waals surface area contributed by atoms with E-state index >= 15 is 0 Å². The number of carbonyl (C=O) groups excluding carboxylic acids is 2. The Labute approximate surface area is 169 Å². The highest BCUT2D eigenvalue weighted by atomic mass is 16.5. The van der Waals surface area contributed by atoms with Crippen LogP contribution >= 0.6 is 0 Å². The minimum Gasteiger partial charge on any atom is -0.487 e. The van der Waals surface area contributed by atoms with Crippen molar-refractivity contribution in [2.45, 2.75) is 18.6 Å². The van der Waals surface area contributed by atoms with Crippen molar-refractivity contribution in [3.63, 3.8) is 0 Å². The maximum atomic E-state index is 13.1. The summed E-state index contributed by atoms with van der Waals surface area (Å²) >= 11 is 0. The molecule has 2 amide bonds. The Morgan fingerprint density at radius 2 is 2.10 bits per heavy atom. The van der Waals surface area contributed by atoms with E-state index in [2.05, 4.69) is 10.3 Å². The molecular weight excluding hydrogens is 372 g/mol. The molecule has 2 atom stereocenters. The third kappa shape index (κ3) is 5.09. The number of nitrogens with zero attached hydrogens (tertiary/aromatic N) is 3. The number of likely N-dealkylation sites (tertiary alicyclic amines) is 1. The SMILES string of the molecule is COCCNC(=O)C1CC(Oc2cccnc2)CN1C(=O)c1ccc(C#N)cc1. The average molecular weight is 394 g/mol. The molecule has 1 aliphatic rings. The number of rotatable bonds is 7. The zero-order valence-electron chi connectivity index (χ0n) is 16.1. The number of ether oxygens (including phenoxy) is 2. The van der Waals surface area contributed by atoms with Crippen molar-refractivity contribution < 1.29 is 19.1 Å². The van der Waals surface area contributed by atoms with Gasteiger partial charge in [-0.3, -0.25) is 14.6 Å². The van der Waals surface area contributed by atoms with Crippen LogP contribution in [-0.4, -0.2) is 60.7 Å². The smallest absolute Gasteiger partial charge is 0.254 e. The van der Waals surface area contributed by atoms with Crippen molar-refractivity contribution in [1.29, 1.82) is 5.26 Å². The number of methoxy groups -OCH3 is 1. The van der Waals surface area contributed by atoms with Gasteiger partial charge in [0.05, 0.1) is 31.0 Å². The monoisotopic (exact) mass is 394 g/mol. The molecule has 0 saturated carbocycles. The second-order valence-corrected chi connectivity index (χ2v) is 6.61. The molecule has 1 aromatic carbocycles. The van der Waals surface area contributed by atoms with E-state index in [0.717, 1.165) is 0 Å². The van der Waals surface area contributed by atoms with Crippen molar-refractivity contribution >= 4 is 11.8 Å². The first kappa shape index (κ1) is 20.3. The molecule has 150 valence electrons. The van der Waals surface area contributed by atoms with Crippen LogP contribution in [0.5, 0.6) is 5.75 Å². The van der Waals surface area contributed by atoms with Gasteiger partial charge in [-0.15, -0.1) is 0 Å². The molecule has 0 aliphatic carbocycles. The van der Waals surface area contributed by atoms with Crippen LogP contribution in [0.4, 0.5) is 0 Å². The van der Waals surface area contributed by atoms with Crippen molar-refractivity contribution in [1.82, 2.24) is 15.2 Å². The minimum absolute atomic E-state index is 0.249. The minimum atomic E-state index is -0.656. The lowest BCUT2D eigenvalue weighted by Gasteiger charge is -2.23. The van der Waals surface area contributed by atoms with Crippen LogP contribution in [0.25, 0.3) is 0 Å². The Morgan fingerprint density at radius 1 is 1.31 bits per heavy atom. The molecular formula is C21H22N4O4. The molecule has 29 heavy (non-hydrogen) atoms. The number of pyridine rings is 1. The van der Waals surface area contributed by atoms with Crippen LogP contribution in [0.1, 0.15) is 22.3 Å².